The number of alkyl halides is 1. The van der Waals surface area contributed by atoms with E-state index in [1.54, 1.807) is 72.8 Å². The van der Waals surface area contributed by atoms with Crippen LogP contribution in [-0.4, -0.2) is 70.5 Å². The number of amides is 4. The Labute approximate surface area is 469 Å². The molecule has 4 aromatic heterocycles. The summed E-state index contributed by atoms with van der Waals surface area (Å²) in [6.07, 6.45) is 5.92. The largest absolute Gasteiger partial charge is 0.337 e. The van der Waals surface area contributed by atoms with Gasteiger partial charge in [-0.15, -0.1) is 0 Å². The van der Waals surface area contributed by atoms with Gasteiger partial charge in [0.25, 0.3) is 23.6 Å². The molecule has 4 amide bonds. The maximum absolute atomic E-state index is 15.6. The van der Waals surface area contributed by atoms with Crippen molar-refractivity contribution in [2.24, 2.45) is 0 Å². The van der Waals surface area contributed by atoms with Gasteiger partial charge in [0, 0.05) is 22.5 Å². The van der Waals surface area contributed by atoms with Gasteiger partial charge in [-0.05, 0) is 109 Å². The second kappa shape index (κ2) is 21.7. The normalized spacial score (nSPS) is 13.8. The van der Waals surface area contributed by atoms with E-state index in [0.717, 1.165) is 70.8 Å². The Morgan fingerprint density at radius 2 is 0.988 bits per heavy atom. The number of aryl methyl sites for hydroxylation is 2. The third kappa shape index (κ3) is 9.70. The van der Waals surface area contributed by atoms with Crippen molar-refractivity contribution in [3.63, 3.8) is 0 Å². The number of H-pyrrole nitrogens is 1. The quantitative estimate of drug-likeness (QED) is 0.0628. The minimum atomic E-state index is -0.671. The number of rotatable bonds is 11. The number of nitrogens with zero attached hydrogens (tertiary/aromatic N) is 7. The Bertz CT molecular complexity index is 4160. The summed E-state index contributed by atoms with van der Waals surface area (Å²) in [5.74, 6) is -3.50. The van der Waals surface area contributed by atoms with Gasteiger partial charge in [-0.1, -0.05) is 125 Å². The molecule has 2 aliphatic heterocycles. The number of benzene rings is 6. The zero-order valence-electron chi connectivity index (χ0n) is 42.9. The second-order valence-electron chi connectivity index (χ2n) is 19.5. The molecule has 0 fully saturated rings. The Balaban J connectivity index is 0.000000140. The van der Waals surface area contributed by atoms with Crippen molar-refractivity contribution in [2.75, 3.05) is 25.8 Å². The summed E-state index contributed by atoms with van der Waals surface area (Å²) in [6.45, 7) is -0.220. The first-order chi connectivity index (χ1) is 39.4. The van der Waals surface area contributed by atoms with E-state index >= 15 is 8.78 Å². The van der Waals surface area contributed by atoms with Crippen LogP contribution in [0.15, 0.2) is 158 Å². The molecular formula is C62H45BrF2N10O6. The maximum atomic E-state index is 15.6. The molecule has 0 unspecified atom stereocenters. The highest BCUT2D eigenvalue weighted by atomic mass is 79.9. The molecule has 19 heteroatoms. The van der Waals surface area contributed by atoms with Crippen LogP contribution >= 0.6 is 15.9 Å². The Hall–Kier alpha value is -9.88. The number of anilines is 6. The van der Waals surface area contributed by atoms with Gasteiger partial charge in [-0.25, -0.2) is 33.2 Å². The SMILES string of the molecule is O=C(CBr)c1ccccc1.O=C(Cn1nc(N2C(=O)c3ccccc3C2=O)c2cc(F)c(Nc3cccc4c3CCC4)nc21)c1ccccc1.O=C1c2ccccc2C(=O)N1c1n[nH]c2nc(Nc3cccc4c3CCC4)c(F)cc12. The minimum absolute atomic E-state index is 0.0324. The van der Waals surface area contributed by atoms with Crippen molar-refractivity contribution >= 4 is 108 Å². The first-order valence-corrected chi connectivity index (χ1v) is 27.1. The number of ketones is 2. The number of aromatic amines is 1. The molecule has 0 radical (unpaired) electrons. The Morgan fingerprint density at radius 3 is 1.49 bits per heavy atom. The van der Waals surface area contributed by atoms with Crippen molar-refractivity contribution in [2.45, 2.75) is 45.1 Å². The molecule has 4 aliphatic rings. The van der Waals surface area contributed by atoms with Gasteiger partial charge in [0.1, 0.15) is 6.54 Å². The summed E-state index contributed by atoms with van der Waals surface area (Å²) in [4.78, 5) is 87.0. The molecule has 14 rings (SSSR count). The maximum Gasteiger partial charge on any atom is 0.267 e. The minimum Gasteiger partial charge on any atom is -0.337 e. The van der Waals surface area contributed by atoms with Crippen LogP contribution < -0.4 is 20.4 Å². The standard InChI is InChI=1S/C31H22FN5O3.C23H16FN5O2.C8H7BrO/c32-24-16-23-28(34-27(24)33-25-15-7-11-18-10-6-14-20(18)25)36(17-26(38)19-8-2-1-3-9-19)35-29(23)37-30(39)21-12-4-5-13-22(21)31(37)40;24-17-11-16-19(26-20(17)25-18-10-4-6-12-5-3-9-13(12)18)27-28-21(16)29-22(30)14-7-1-2-8-15(14)23(29)31;9-6-8(10)7-4-2-1-3-5-7/h1-5,7-9,11-13,15-16H,6,10,14,17H2,(H,33,34);1-2,4,6-8,10-11H,3,5,9H2,(H2,25,26,27,28);1-5H,6H2. The number of carbonyl (C=O) groups is 6. The van der Waals surface area contributed by atoms with Crippen LogP contribution in [0.25, 0.3) is 22.1 Å². The number of pyridine rings is 2. The molecule has 0 spiro atoms. The Morgan fingerprint density at radius 1 is 0.531 bits per heavy atom. The number of imide groups is 2. The Kier molecular flexibility index (Phi) is 13.9. The number of aromatic nitrogens is 6. The van der Waals surface area contributed by atoms with E-state index < -0.39 is 35.3 Å². The van der Waals surface area contributed by atoms with Gasteiger partial charge < -0.3 is 10.6 Å². The monoisotopic (exact) mass is 1140 g/mol. The molecule has 0 bridgehead atoms. The molecule has 0 saturated heterocycles. The van der Waals surface area contributed by atoms with Crippen LogP contribution in [-0.2, 0) is 32.2 Å². The number of nitrogens with one attached hydrogen (secondary N) is 3. The predicted octanol–water partition coefficient (Wildman–Crippen LogP) is 11.9. The van der Waals surface area contributed by atoms with Crippen LogP contribution in [0.4, 0.5) is 43.4 Å². The fraction of sp³-hybridized carbons (Fsp3) is 0.129. The molecule has 10 aromatic rings. The van der Waals surface area contributed by atoms with Crippen LogP contribution in [0, 0.1) is 11.6 Å². The van der Waals surface area contributed by atoms with E-state index in [4.69, 9.17) is 0 Å². The van der Waals surface area contributed by atoms with E-state index in [1.807, 2.05) is 60.7 Å². The first-order valence-electron chi connectivity index (χ1n) is 26.0. The molecule has 16 nitrogen and oxygen atoms in total. The van der Waals surface area contributed by atoms with E-state index in [-0.39, 0.29) is 74.6 Å². The van der Waals surface area contributed by atoms with E-state index in [0.29, 0.717) is 22.0 Å². The number of fused-ring (bicyclic) bond motifs is 6. The van der Waals surface area contributed by atoms with Gasteiger partial charge in [0.05, 0.1) is 38.4 Å². The second-order valence-corrected chi connectivity index (χ2v) is 20.0. The molecule has 400 valence electrons. The summed E-state index contributed by atoms with van der Waals surface area (Å²) in [5.41, 5.74) is 9.15. The van der Waals surface area contributed by atoms with Crippen molar-refractivity contribution in [1.82, 2.24) is 29.9 Å². The van der Waals surface area contributed by atoms with Crippen LogP contribution in [0.1, 0.15) is 97.2 Å². The summed E-state index contributed by atoms with van der Waals surface area (Å²) in [7, 11) is 0. The lowest BCUT2D eigenvalue weighted by Crippen LogP contribution is -2.30. The highest BCUT2D eigenvalue weighted by Crippen LogP contribution is 2.38. The lowest BCUT2D eigenvalue weighted by molar-refractivity contribution is 0.0909. The van der Waals surface area contributed by atoms with Gasteiger partial charge in [0.2, 0.25) is 0 Å². The van der Waals surface area contributed by atoms with Crippen LogP contribution in [0.2, 0.25) is 0 Å². The molecule has 6 aromatic carbocycles. The highest BCUT2D eigenvalue weighted by Gasteiger charge is 2.41. The molecule has 6 heterocycles. The lowest BCUT2D eigenvalue weighted by Gasteiger charge is -2.13. The summed E-state index contributed by atoms with van der Waals surface area (Å²) >= 11 is 3.10. The summed E-state index contributed by atoms with van der Waals surface area (Å²) in [6, 6.07) is 45.2. The average molecular weight is 1140 g/mol. The van der Waals surface area contributed by atoms with Crippen molar-refractivity contribution in [1.29, 1.82) is 0 Å². The molecule has 81 heavy (non-hydrogen) atoms. The molecular weight excluding hydrogens is 1100 g/mol. The van der Waals surface area contributed by atoms with Crippen LogP contribution in [0.3, 0.4) is 0 Å². The molecule has 3 N–H and O–H groups in total. The summed E-state index contributed by atoms with van der Waals surface area (Å²) < 4.78 is 31.9. The number of carbonyl (C=O) groups excluding carboxylic acids is 6. The van der Waals surface area contributed by atoms with Gasteiger partial charge >= 0.3 is 0 Å². The van der Waals surface area contributed by atoms with Crippen LogP contribution in [0.5, 0.6) is 0 Å². The zero-order chi connectivity index (χ0) is 55.9. The van der Waals surface area contributed by atoms with E-state index in [2.05, 4.69) is 64.0 Å². The zero-order valence-corrected chi connectivity index (χ0v) is 44.5. The first kappa shape index (κ1) is 51.9. The third-order valence-corrected chi connectivity index (χ3v) is 15.1. The molecule has 0 atom stereocenters. The predicted molar refractivity (Wildman–Crippen MR) is 305 cm³/mol. The van der Waals surface area contributed by atoms with Crippen molar-refractivity contribution in [3.05, 3.63) is 225 Å². The number of Topliss-reactive ketones (excluding diaryl/α,β-unsaturated/α-hetero) is 2. The lowest BCUT2D eigenvalue weighted by atomic mass is 10.1. The number of hydrogen-bond acceptors (Lipinski definition) is 12. The number of halogens is 3. The number of hydrogen-bond donors (Lipinski definition) is 3. The van der Waals surface area contributed by atoms with Crippen molar-refractivity contribution < 1.29 is 37.5 Å². The smallest absolute Gasteiger partial charge is 0.267 e. The summed E-state index contributed by atoms with van der Waals surface area (Å²) in [5, 5.41) is 18.4. The van der Waals surface area contributed by atoms with Gasteiger partial charge in [0.15, 0.2) is 57.8 Å². The van der Waals surface area contributed by atoms with E-state index in [1.165, 1.54) is 33.5 Å². The molecule has 0 saturated carbocycles. The third-order valence-electron chi connectivity index (χ3n) is 14.6. The fourth-order valence-corrected chi connectivity index (χ4v) is 11.0. The van der Waals surface area contributed by atoms with E-state index in [9.17, 15) is 28.8 Å². The molecule has 2 aliphatic carbocycles. The van der Waals surface area contributed by atoms with Gasteiger partial charge in [-0.2, -0.15) is 10.2 Å². The highest BCUT2D eigenvalue weighted by molar-refractivity contribution is 9.09. The average Bonchev–Trinajstić information content (AvgIpc) is 4.57. The van der Waals surface area contributed by atoms with Gasteiger partial charge in [-0.3, -0.25) is 33.9 Å². The van der Waals surface area contributed by atoms with Crippen molar-refractivity contribution in [3.8, 4) is 0 Å². The topological polar surface area (TPSA) is 205 Å². The fourth-order valence-electron chi connectivity index (χ4n) is 10.6.